The zero-order chi connectivity index (χ0) is 24.9. The van der Waals surface area contributed by atoms with Crippen LogP contribution < -0.4 is 21.7 Å². The smallest absolute Gasteiger partial charge is 0.315 e. The van der Waals surface area contributed by atoms with Gasteiger partial charge in [0.05, 0.1) is 12.1 Å². The monoisotopic (exact) mass is 478 g/mol. The summed E-state index contributed by atoms with van der Waals surface area (Å²) in [6.45, 7) is 0. The zero-order valence-electron chi connectivity index (χ0n) is 18.9. The minimum Gasteiger partial charge on any atom is -0.508 e. The highest BCUT2D eigenvalue weighted by molar-refractivity contribution is 5.91. The number of amides is 4. The lowest BCUT2D eigenvalue weighted by atomic mass is 9.77. The van der Waals surface area contributed by atoms with E-state index in [1.807, 2.05) is 0 Å². The minimum absolute atomic E-state index is 0.0119. The molecule has 188 valence electrons. The maximum absolute atomic E-state index is 12.9. The molecule has 2 saturated carbocycles. The molecule has 0 spiro atoms. The molecule has 3 rings (SSSR count). The predicted molar refractivity (Wildman–Crippen MR) is 121 cm³/mol. The number of nitrogens with one attached hydrogen (secondary N) is 3. The normalized spacial score (nSPS) is 28.5. The van der Waals surface area contributed by atoms with Crippen molar-refractivity contribution in [3.8, 4) is 5.75 Å². The van der Waals surface area contributed by atoms with Crippen molar-refractivity contribution in [3.05, 3.63) is 29.8 Å². The Morgan fingerprint density at radius 2 is 1.68 bits per heavy atom. The number of hydrogen-bond acceptors (Lipinski definition) is 7. The van der Waals surface area contributed by atoms with Gasteiger partial charge in [-0.05, 0) is 30.5 Å². The highest BCUT2D eigenvalue weighted by Crippen LogP contribution is 2.30. The molecule has 34 heavy (non-hydrogen) atoms. The van der Waals surface area contributed by atoms with Gasteiger partial charge < -0.3 is 42.1 Å². The molecule has 1 aromatic carbocycles. The van der Waals surface area contributed by atoms with Crippen molar-refractivity contribution in [2.45, 2.75) is 87.3 Å². The van der Waals surface area contributed by atoms with Crippen molar-refractivity contribution in [1.29, 1.82) is 0 Å². The minimum atomic E-state index is -2.15. The Morgan fingerprint density at radius 3 is 2.29 bits per heavy atom. The first kappa shape index (κ1) is 25.7. The third-order valence-electron chi connectivity index (χ3n) is 6.62. The van der Waals surface area contributed by atoms with Crippen LogP contribution in [0.15, 0.2) is 24.3 Å². The standard InChI is InChI=1S/C23H34N4O7/c24-20(31)16(10-13-6-8-15(28)9-7-13)26-21(32)23(34)11-17(19(30)18(29)12-23)27-22(33)25-14-4-2-1-3-5-14/h6-9,14,16-19,28-30,34H,1-5,10-12H2,(H2,24,31)(H,26,32)(H2,25,27,33). The number of carbonyl (C=O) groups excluding carboxylic acids is 3. The van der Waals surface area contributed by atoms with E-state index in [0.29, 0.717) is 5.56 Å². The van der Waals surface area contributed by atoms with E-state index in [9.17, 15) is 34.8 Å². The molecular weight excluding hydrogens is 444 g/mol. The summed E-state index contributed by atoms with van der Waals surface area (Å²) in [7, 11) is 0. The number of aliphatic hydroxyl groups excluding tert-OH is 2. The van der Waals surface area contributed by atoms with E-state index in [4.69, 9.17) is 5.73 Å². The van der Waals surface area contributed by atoms with E-state index in [1.165, 1.54) is 12.1 Å². The first-order chi connectivity index (χ1) is 16.1. The molecule has 2 fully saturated rings. The highest BCUT2D eigenvalue weighted by Gasteiger charge is 2.49. The second-order valence-corrected chi connectivity index (χ2v) is 9.36. The van der Waals surface area contributed by atoms with Gasteiger partial charge in [0.2, 0.25) is 5.91 Å². The van der Waals surface area contributed by atoms with Gasteiger partial charge in [-0.15, -0.1) is 0 Å². The number of phenols is 1. The lowest BCUT2D eigenvalue weighted by molar-refractivity contribution is -0.158. The van der Waals surface area contributed by atoms with Crippen LogP contribution >= 0.6 is 0 Å². The van der Waals surface area contributed by atoms with Gasteiger partial charge in [0.15, 0.2) is 0 Å². The van der Waals surface area contributed by atoms with E-state index >= 15 is 0 Å². The quantitative estimate of drug-likeness (QED) is 0.250. The van der Waals surface area contributed by atoms with Crippen molar-refractivity contribution < 1.29 is 34.8 Å². The molecule has 5 atom stereocenters. The molecule has 0 aliphatic heterocycles. The molecule has 11 nitrogen and oxygen atoms in total. The van der Waals surface area contributed by atoms with Crippen LogP contribution in [0.1, 0.15) is 50.5 Å². The topological polar surface area (TPSA) is 194 Å². The van der Waals surface area contributed by atoms with Gasteiger partial charge in [-0.2, -0.15) is 0 Å². The van der Waals surface area contributed by atoms with Crippen LogP contribution in [0.5, 0.6) is 5.75 Å². The Kier molecular flexibility index (Phi) is 8.34. The van der Waals surface area contributed by atoms with E-state index < -0.39 is 54.2 Å². The van der Waals surface area contributed by atoms with E-state index in [2.05, 4.69) is 16.0 Å². The summed E-state index contributed by atoms with van der Waals surface area (Å²) in [4.78, 5) is 37.3. The van der Waals surface area contributed by atoms with Gasteiger partial charge in [-0.3, -0.25) is 9.59 Å². The summed E-state index contributed by atoms with van der Waals surface area (Å²) in [5.41, 5.74) is 3.90. The van der Waals surface area contributed by atoms with Crippen LogP contribution in [0.4, 0.5) is 4.79 Å². The van der Waals surface area contributed by atoms with Crippen molar-refractivity contribution in [2.24, 2.45) is 5.73 Å². The van der Waals surface area contributed by atoms with Gasteiger partial charge in [0.1, 0.15) is 23.5 Å². The van der Waals surface area contributed by atoms with Gasteiger partial charge in [0, 0.05) is 25.3 Å². The second kappa shape index (κ2) is 11.0. The van der Waals surface area contributed by atoms with Crippen LogP contribution in [-0.4, -0.2) is 74.2 Å². The Morgan fingerprint density at radius 1 is 1.03 bits per heavy atom. The molecule has 0 aromatic heterocycles. The summed E-state index contributed by atoms with van der Waals surface area (Å²) < 4.78 is 0. The number of phenolic OH excluding ortho intramolecular Hbond substituents is 1. The fraction of sp³-hybridized carbons (Fsp3) is 0.609. The number of benzene rings is 1. The number of aromatic hydroxyl groups is 1. The number of aliphatic hydroxyl groups is 3. The maximum atomic E-state index is 12.9. The molecule has 11 heteroatoms. The summed E-state index contributed by atoms with van der Waals surface area (Å²) in [5.74, 6) is -1.73. The van der Waals surface area contributed by atoms with Crippen molar-refractivity contribution in [1.82, 2.24) is 16.0 Å². The molecule has 9 N–H and O–H groups in total. The Bertz CT molecular complexity index is 875. The maximum Gasteiger partial charge on any atom is 0.315 e. The molecule has 2 aliphatic carbocycles. The van der Waals surface area contributed by atoms with Crippen LogP contribution in [0.2, 0.25) is 0 Å². The molecular formula is C23H34N4O7. The molecule has 4 amide bonds. The summed E-state index contributed by atoms with van der Waals surface area (Å²) in [6, 6.07) is 3.20. The van der Waals surface area contributed by atoms with Gasteiger partial charge in [-0.1, -0.05) is 31.4 Å². The Balaban J connectivity index is 1.64. The molecule has 2 aliphatic rings. The predicted octanol–water partition coefficient (Wildman–Crippen LogP) is -0.848. The largest absolute Gasteiger partial charge is 0.508 e. The number of carbonyl (C=O) groups is 3. The van der Waals surface area contributed by atoms with Gasteiger partial charge >= 0.3 is 6.03 Å². The third-order valence-corrected chi connectivity index (χ3v) is 6.62. The van der Waals surface area contributed by atoms with E-state index in [1.54, 1.807) is 12.1 Å². The van der Waals surface area contributed by atoms with Crippen molar-refractivity contribution in [2.75, 3.05) is 0 Å². The number of rotatable bonds is 7. The molecule has 1 aromatic rings. The number of primary amides is 1. The number of hydrogen-bond donors (Lipinski definition) is 8. The first-order valence-electron chi connectivity index (χ1n) is 11.6. The highest BCUT2D eigenvalue weighted by atomic mass is 16.3. The SMILES string of the molecule is NC(=O)C(Cc1ccc(O)cc1)NC(=O)C1(O)CC(O)C(O)C(NC(=O)NC2CCCCC2)C1. The van der Waals surface area contributed by atoms with Crippen molar-refractivity contribution in [3.63, 3.8) is 0 Å². The van der Waals surface area contributed by atoms with Crippen molar-refractivity contribution >= 4 is 17.8 Å². The average Bonchev–Trinajstić information content (AvgIpc) is 2.78. The first-order valence-corrected chi connectivity index (χ1v) is 11.6. The number of nitrogens with two attached hydrogens (primary N) is 1. The lowest BCUT2D eigenvalue weighted by Gasteiger charge is -2.42. The fourth-order valence-electron chi connectivity index (χ4n) is 4.65. The van der Waals surface area contributed by atoms with Crippen LogP contribution in [-0.2, 0) is 16.0 Å². The Labute approximate surface area is 197 Å². The van der Waals surface area contributed by atoms with Crippen LogP contribution in [0.25, 0.3) is 0 Å². The average molecular weight is 479 g/mol. The Hall–Kier alpha value is -2.89. The molecule has 0 saturated heterocycles. The fourth-order valence-corrected chi connectivity index (χ4v) is 4.65. The van der Waals surface area contributed by atoms with Crippen LogP contribution in [0.3, 0.4) is 0 Å². The zero-order valence-corrected chi connectivity index (χ0v) is 18.9. The van der Waals surface area contributed by atoms with E-state index in [-0.39, 0.29) is 24.6 Å². The molecule has 5 unspecified atom stereocenters. The van der Waals surface area contributed by atoms with Gasteiger partial charge in [0.25, 0.3) is 5.91 Å². The number of urea groups is 1. The lowest BCUT2D eigenvalue weighted by Crippen LogP contribution is -2.65. The van der Waals surface area contributed by atoms with E-state index in [0.717, 1.165) is 32.1 Å². The summed E-state index contributed by atoms with van der Waals surface area (Å²) in [6.07, 6.45) is 1.18. The third kappa shape index (κ3) is 6.58. The second-order valence-electron chi connectivity index (χ2n) is 9.36. The van der Waals surface area contributed by atoms with Gasteiger partial charge in [-0.25, -0.2) is 4.79 Å². The molecule has 0 bridgehead atoms. The summed E-state index contributed by atoms with van der Waals surface area (Å²) >= 11 is 0. The molecule has 0 heterocycles. The van der Waals surface area contributed by atoms with Crippen LogP contribution in [0, 0.1) is 0 Å². The summed E-state index contributed by atoms with van der Waals surface area (Å²) in [5, 5.41) is 48.9. The molecule has 0 radical (unpaired) electrons.